The lowest BCUT2D eigenvalue weighted by Crippen LogP contribution is -2.06. The molecule has 2 rings (SSSR count). The molecule has 0 amide bonds. The van der Waals surface area contributed by atoms with E-state index < -0.39 is 5.82 Å². The largest absolute Gasteiger partial charge is 0.294 e. The standard InChI is InChI=1S/C14H14ClFN2O/c1-3-13-11(8-18(2)17-13)14(19)6-9-4-5-10(16)7-12(9)15/h4-5,7-8H,3,6H2,1-2H3. The normalized spacial score (nSPS) is 10.7. The first-order chi connectivity index (χ1) is 9.01. The lowest BCUT2D eigenvalue weighted by Gasteiger charge is -2.03. The summed E-state index contributed by atoms with van der Waals surface area (Å²) in [5, 5.41) is 4.50. The maximum Gasteiger partial charge on any atom is 0.170 e. The Morgan fingerprint density at radius 1 is 1.47 bits per heavy atom. The average molecular weight is 281 g/mol. The van der Waals surface area contributed by atoms with Crippen LogP contribution in [-0.2, 0) is 19.9 Å². The number of hydrogen-bond acceptors (Lipinski definition) is 2. The van der Waals surface area contributed by atoms with Crippen LogP contribution in [0.5, 0.6) is 0 Å². The first-order valence-corrected chi connectivity index (χ1v) is 6.38. The number of carbonyl (C=O) groups excluding carboxylic acids is 1. The number of carbonyl (C=O) groups is 1. The van der Waals surface area contributed by atoms with Crippen molar-refractivity contribution in [2.75, 3.05) is 0 Å². The van der Waals surface area contributed by atoms with Crippen molar-refractivity contribution in [2.24, 2.45) is 7.05 Å². The van der Waals surface area contributed by atoms with E-state index in [1.165, 1.54) is 18.2 Å². The van der Waals surface area contributed by atoms with Gasteiger partial charge in [-0.25, -0.2) is 4.39 Å². The third kappa shape index (κ3) is 3.01. The molecule has 0 aliphatic rings. The Kier molecular flexibility index (Phi) is 4.00. The van der Waals surface area contributed by atoms with Crippen molar-refractivity contribution >= 4 is 17.4 Å². The van der Waals surface area contributed by atoms with E-state index in [9.17, 15) is 9.18 Å². The SMILES string of the molecule is CCc1nn(C)cc1C(=O)Cc1ccc(F)cc1Cl. The molecular formula is C14H14ClFN2O. The molecule has 0 bridgehead atoms. The number of rotatable bonds is 4. The minimum absolute atomic E-state index is 0.0570. The molecule has 5 heteroatoms. The molecule has 0 radical (unpaired) electrons. The summed E-state index contributed by atoms with van der Waals surface area (Å²) >= 11 is 5.93. The van der Waals surface area contributed by atoms with Crippen molar-refractivity contribution in [3.63, 3.8) is 0 Å². The van der Waals surface area contributed by atoms with Gasteiger partial charge in [-0.15, -0.1) is 0 Å². The van der Waals surface area contributed by atoms with Crippen LogP contribution in [0.1, 0.15) is 28.5 Å². The van der Waals surface area contributed by atoms with Gasteiger partial charge in [0.05, 0.1) is 11.3 Å². The second-order valence-electron chi connectivity index (χ2n) is 4.35. The fourth-order valence-electron chi connectivity index (χ4n) is 1.96. The van der Waals surface area contributed by atoms with E-state index in [1.807, 2.05) is 6.92 Å². The molecule has 0 saturated heterocycles. The van der Waals surface area contributed by atoms with Gasteiger partial charge in [0.1, 0.15) is 5.82 Å². The molecule has 0 aliphatic heterocycles. The van der Waals surface area contributed by atoms with E-state index >= 15 is 0 Å². The van der Waals surface area contributed by atoms with Crippen molar-refractivity contribution in [1.82, 2.24) is 9.78 Å². The van der Waals surface area contributed by atoms with Gasteiger partial charge in [-0.1, -0.05) is 24.6 Å². The third-order valence-corrected chi connectivity index (χ3v) is 3.26. The van der Waals surface area contributed by atoms with Crippen molar-refractivity contribution in [3.05, 3.63) is 52.1 Å². The molecule has 0 aliphatic carbocycles. The second-order valence-corrected chi connectivity index (χ2v) is 4.76. The van der Waals surface area contributed by atoms with Crippen molar-refractivity contribution in [2.45, 2.75) is 19.8 Å². The smallest absolute Gasteiger partial charge is 0.170 e. The maximum absolute atomic E-state index is 12.9. The highest BCUT2D eigenvalue weighted by Gasteiger charge is 2.16. The van der Waals surface area contributed by atoms with Gasteiger partial charge < -0.3 is 0 Å². The first-order valence-electron chi connectivity index (χ1n) is 6.01. The fourth-order valence-corrected chi connectivity index (χ4v) is 2.20. The molecule has 0 unspecified atom stereocenters. The molecule has 0 saturated carbocycles. The molecule has 0 fully saturated rings. The molecule has 2 aromatic rings. The molecule has 3 nitrogen and oxygen atoms in total. The van der Waals surface area contributed by atoms with E-state index in [4.69, 9.17) is 11.6 Å². The molecule has 1 heterocycles. The number of hydrogen-bond donors (Lipinski definition) is 0. The zero-order valence-electron chi connectivity index (χ0n) is 10.8. The van der Waals surface area contributed by atoms with Crippen LogP contribution in [-0.4, -0.2) is 15.6 Å². The van der Waals surface area contributed by atoms with Crippen molar-refractivity contribution in [3.8, 4) is 0 Å². The summed E-state index contributed by atoms with van der Waals surface area (Å²) in [6, 6.07) is 4.06. The third-order valence-electron chi connectivity index (χ3n) is 2.91. The number of aryl methyl sites for hydroxylation is 2. The molecule has 1 aromatic carbocycles. The predicted octanol–water partition coefficient (Wildman–Crippen LogP) is 3.20. The van der Waals surface area contributed by atoms with E-state index in [0.717, 1.165) is 5.69 Å². The summed E-state index contributed by atoms with van der Waals surface area (Å²) in [6.07, 6.45) is 2.55. The van der Waals surface area contributed by atoms with E-state index in [0.29, 0.717) is 17.5 Å². The Labute approximate surface area is 116 Å². The molecule has 0 N–H and O–H groups in total. The minimum Gasteiger partial charge on any atom is -0.294 e. The summed E-state index contributed by atoms with van der Waals surface area (Å²) in [4.78, 5) is 12.2. The molecule has 1 aromatic heterocycles. The number of halogens is 2. The highest BCUT2D eigenvalue weighted by Crippen LogP contribution is 2.20. The number of aromatic nitrogens is 2. The maximum atomic E-state index is 12.9. The van der Waals surface area contributed by atoms with Crippen LogP contribution in [0, 0.1) is 5.82 Å². The topological polar surface area (TPSA) is 34.9 Å². The number of nitrogens with zero attached hydrogens (tertiary/aromatic N) is 2. The van der Waals surface area contributed by atoms with Crippen molar-refractivity contribution in [1.29, 1.82) is 0 Å². The van der Waals surface area contributed by atoms with Gasteiger partial charge in [-0.3, -0.25) is 9.48 Å². The van der Waals surface area contributed by atoms with Gasteiger partial charge in [-0.2, -0.15) is 5.10 Å². The highest BCUT2D eigenvalue weighted by molar-refractivity contribution is 6.31. The van der Waals surface area contributed by atoms with Crippen LogP contribution in [0.15, 0.2) is 24.4 Å². The van der Waals surface area contributed by atoms with Gasteiger partial charge in [0.15, 0.2) is 5.78 Å². The van der Waals surface area contributed by atoms with E-state index in [1.54, 1.807) is 17.9 Å². The summed E-state index contributed by atoms with van der Waals surface area (Å²) in [6.45, 7) is 1.95. The van der Waals surface area contributed by atoms with Crippen molar-refractivity contribution < 1.29 is 9.18 Å². The van der Waals surface area contributed by atoms with Crippen LogP contribution in [0.2, 0.25) is 5.02 Å². The lowest BCUT2D eigenvalue weighted by molar-refractivity contribution is 0.0992. The number of Topliss-reactive ketones (excluding diaryl/α,β-unsaturated/α-hetero) is 1. The first kappa shape index (κ1) is 13.7. The lowest BCUT2D eigenvalue weighted by atomic mass is 10.0. The average Bonchev–Trinajstić information content (AvgIpc) is 2.74. The second kappa shape index (κ2) is 5.53. The van der Waals surface area contributed by atoms with Crippen LogP contribution in [0.4, 0.5) is 4.39 Å². The van der Waals surface area contributed by atoms with E-state index in [-0.39, 0.29) is 17.2 Å². The van der Waals surface area contributed by atoms with Gasteiger partial charge in [-0.05, 0) is 24.1 Å². The summed E-state index contributed by atoms with van der Waals surface area (Å²) in [5.41, 5.74) is 2.00. The molecule has 0 atom stereocenters. The van der Waals surface area contributed by atoms with Crippen LogP contribution in [0.25, 0.3) is 0 Å². The Hall–Kier alpha value is -1.68. The Morgan fingerprint density at radius 3 is 2.84 bits per heavy atom. The Balaban J connectivity index is 2.25. The summed E-state index contributed by atoms with van der Waals surface area (Å²) in [5.74, 6) is -0.463. The molecule has 0 spiro atoms. The Bertz CT molecular complexity index is 622. The van der Waals surface area contributed by atoms with Gasteiger partial charge in [0, 0.05) is 24.7 Å². The number of ketones is 1. The zero-order valence-corrected chi connectivity index (χ0v) is 11.5. The quantitative estimate of drug-likeness (QED) is 0.806. The van der Waals surface area contributed by atoms with Crippen LogP contribution >= 0.6 is 11.6 Å². The molecule has 19 heavy (non-hydrogen) atoms. The molecule has 100 valence electrons. The highest BCUT2D eigenvalue weighted by atomic mass is 35.5. The van der Waals surface area contributed by atoms with Gasteiger partial charge >= 0.3 is 0 Å². The Morgan fingerprint density at radius 2 is 2.21 bits per heavy atom. The van der Waals surface area contributed by atoms with Gasteiger partial charge in [0.25, 0.3) is 0 Å². The van der Waals surface area contributed by atoms with E-state index in [2.05, 4.69) is 5.10 Å². The van der Waals surface area contributed by atoms with Crippen LogP contribution < -0.4 is 0 Å². The zero-order chi connectivity index (χ0) is 14.0. The summed E-state index contributed by atoms with van der Waals surface area (Å²) in [7, 11) is 1.78. The predicted molar refractivity (Wildman–Crippen MR) is 72.0 cm³/mol. The van der Waals surface area contributed by atoms with Crippen LogP contribution in [0.3, 0.4) is 0 Å². The summed E-state index contributed by atoms with van der Waals surface area (Å²) < 4.78 is 14.6. The minimum atomic E-state index is -0.406. The monoisotopic (exact) mass is 280 g/mol. The molecular weight excluding hydrogens is 267 g/mol. The fraction of sp³-hybridized carbons (Fsp3) is 0.286. The number of benzene rings is 1. The van der Waals surface area contributed by atoms with Gasteiger partial charge in [0.2, 0.25) is 0 Å².